The molecule has 1 aromatic carbocycles. The molecule has 0 aliphatic rings. The molecule has 1 atom stereocenters. The zero-order valence-corrected chi connectivity index (χ0v) is 11.3. The SMILES string of the molecule is CC(CC=O)c1ccc(C(C)(C)F)c(Br)c1. The molecule has 0 fully saturated rings. The highest BCUT2D eigenvalue weighted by atomic mass is 79.9. The molecule has 16 heavy (non-hydrogen) atoms. The molecule has 0 radical (unpaired) electrons. The average Bonchev–Trinajstić information content (AvgIpc) is 2.16. The molecular weight excluding hydrogens is 271 g/mol. The van der Waals surface area contributed by atoms with E-state index in [1.807, 2.05) is 19.1 Å². The van der Waals surface area contributed by atoms with Gasteiger partial charge in [-0.15, -0.1) is 0 Å². The van der Waals surface area contributed by atoms with Crippen LogP contribution in [0.25, 0.3) is 0 Å². The molecule has 0 heterocycles. The van der Waals surface area contributed by atoms with E-state index in [1.165, 1.54) is 13.8 Å². The van der Waals surface area contributed by atoms with Gasteiger partial charge in [0.15, 0.2) is 0 Å². The van der Waals surface area contributed by atoms with Crippen molar-refractivity contribution in [2.75, 3.05) is 0 Å². The van der Waals surface area contributed by atoms with Crippen LogP contribution in [0.2, 0.25) is 0 Å². The van der Waals surface area contributed by atoms with E-state index in [2.05, 4.69) is 15.9 Å². The Labute approximate surface area is 104 Å². The van der Waals surface area contributed by atoms with Crippen LogP contribution in [-0.4, -0.2) is 6.29 Å². The van der Waals surface area contributed by atoms with Crippen molar-refractivity contribution in [2.24, 2.45) is 0 Å². The molecule has 0 aliphatic heterocycles. The van der Waals surface area contributed by atoms with Crippen molar-refractivity contribution in [1.29, 1.82) is 0 Å². The zero-order valence-electron chi connectivity index (χ0n) is 9.76. The molecule has 1 aromatic rings. The Morgan fingerprint density at radius 1 is 1.50 bits per heavy atom. The van der Waals surface area contributed by atoms with Crippen LogP contribution >= 0.6 is 15.9 Å². The molecule has 1 nitrogen and oxygen atoms in total. The Bertz CT molecular complexity index is 382. The molecule has 0 aliphatic carbocycles. The van der Waals surface area contributed by atoms with Crippen LogP contribution < -0.4 is 0 Å². The highest BCUT2D eigenvalue weighted by Crippen LogP contribution is 2.33. The van der Waals surface area contributed by atoms with Gasteiger partial charge in [0.1, 0.15) is 12.0 Å². The van der Waals surface area contributed by atoms with E-state index < -0.39 is 5.67 Å². The number of hydrogen-bond donors (Lipinski definition) is 0. The van der Waals surface area contributed by atoms with Crippen molar-refractivity contribution in [3.05, 3.63) is 33.8 Å². The van der Waals surface area contributed by atoms with Crippen LogP contribution in [0.15, 0.2) is 22.7 Å². The highest BCUT2D eigenvalue weighted by Gasteiger charge is 2.22. The van der Waals surface area contributed by atoms with Gasteiger partial charge in [0, 0.05) is 16.5 Å². The van der Waals surface area contributed by atoms with Gasteiger partial charge in [0.25, 0.3) is 0 Å². The summed E-state index contributed by atoms with van der Waals surface area (Å²) in [4.78, 5) is 10.4. The van der Waals surface area contributed by atoms with Gasteiger partial charge in [-0.1, -0.05) is 35.0 Å². The van der Waals surface area contributed by atoms with Gasteiger partial charge in [-0.05, 0) is 31.4 Å². The summed E-state index contributed by atoms with van der Waals surface area (Å²) in [7, 11) is 0. The Morgan fingerprint density at radius 2 is 2.12 bits per heavy atom. The summed E-state index contributed by atoms with van der Waals surface area (Å²) in [5.41, 5.74) is 0.326. The van der Waals surface area contributed by atoms with Gasteiger partial charge < -0.3 is 4.79 Å². The summed E-state index contributed by atoms with van der Waals surface area (Å²) in [5.74, 6) is 0.172. The average molecular weight is 287 g/mol. The van der Waals surface area contributed by atoms with Crippen LogP contribution in [0.4, 0.5) is 4.39 Å². The van der Waals surface area contributed by atoms with Crippen molar-refractivity contribution in [2.45, 2.75) is 38.8 Å². The fraction of sp³-hybridized carbons (Fsp3) is 0.462. The van der Waals surface area contributed by atoms with Gasteiger partial charge in [0.05, 0.1) is 0 Å². The third kappa shape index (κ3) is 3.14. The largest absolute Gasteiger partial charge is 0.303 e. The van der Waals surface area contributed by atoms with Crippen molar-refractivity contribution < 1.29 is 9.18 Å². The van der Waals surface area contributed by atoms with Crippen molar-refractivity contribution in [3.8, 4) is 0 Å². The smallest absolute Gasteiger partial charge is 0.131 e. The van der Waals surface area contributed by atoms with Crippen LogP contribution in [0.3, 0.4) is 0 Å². The van der Waals surface area contributed by atoms with E-state index in [-0.39, 0.29) is 5.92 Å². The molecule has 0 saturated heterocycles. The topological polar surface area (TPSA) is 17.1 Å². The highest BCUT2D eigenvalue weighted by molar-refractivity contribution is 9.10. The monoisotopic (exact) mass is 286 g/mol. The molecule has 1 unspecified atom stereocenters. The van der Waals surface area contributed by atoms with E-state index in [4.69, 9.17) is 0 Å². The first-order valence-corrected chi connectivity index (χ1v) is 6.08. The van der Waals surface area contributed by atoms with Crippen molar-refractivity contribution >= 4 is 22.2 Å². The van der Waals surface area contributed by atoms with E-state index in [0.717, 1.165) is 16.3 Å². The molecule has 0 bridgehead atoms. The predicted octanol–water partition coefficient (Wildman–Crippen LogP) is 4.35. The maximum atomic E-state index is 13.8. The van der Waals surface area contributed by atoms with Crippen LogP contribution in [0.5, 0.6) is 0 Å². The third-order valence-electron chi connectivity index (χ3n) is 2.65. The standard InChI is InChI=1S/C13H16BrFO/c1-9(6-7-16)10-4-5-11(12(14)8-10)13(2,3)15/h4-5,7-9H,6H2,1-3H3. The lowest BCUT2D eigenvalue weighted by Gasteiger charge is -2.18. The van der Waals surface area contributed by atoms with E-state index in [1.54, 1.807) is 6.07 Å². The van der Waals surface area contributed by atoms with Crippen LogP contribution in [0, 0.1) is 0 Å². The molecule has 0 N–H and O–H groups in total. The number of aldehydes is 1. The molecule has 0 spiro atoms. The lowest BCUT2D eigenvalue weighted by Crippen LogP contribution is -2.10. The molecule has 0 saturated carbocycles. The second-order valence-electron chi connectivity index (χ2n) is 4.52. The van der Waals surface area contributed by atoms with Gasteiger partial charge in [0.2, 0.25) is 0 Å². The number of hydrogen-bond acceptors (Lipinski definition) is 1. The fourth-order valence-corrected chi connectivity index (χ4v) is 2.47. The Kier molecular flexibility index (Phi) is 4.25. The molecular formula is C13H16BrFO. The lowest BCUT2D eigenvalue weighted by molar-refractivity contribution is -0.108. The van der Waals surface area contributed by atoms with E-state index in [9.17, 15) is 9.18 Å². The van der Waals surface area contributed by atoms with E-state index >= 15 is 0 Å². The zero-order chi connectivity index (χ0) is 12.3. The van der Waals surface area contributed by atoms with Crippen LogP contribution in [0.1, 0.15) is 44.2 Å². The van der Waals surface area contributed by atoms with Crippen molar-refractivity contribution in [3.63, 3.8) is 0 Å². The van der Waals surface area contributed by atoms with Gasteiger partial charge >= 0.3 is 0 Å². The Hall–Kier alpha value is -0.700. The predicted molar refractivity (Wildman–Crippen MR) is 67.4 cm³/mol. The second kappa shape index (κ2) is 5.09. The maximum absolute atomic E-state index is 13.8. The van der Waals surface area contributed by atoms with Crippen LogP contribution in [-0.2, 0) is 10.5 Å². The number of alkyl halides is 1. The quantitative estimate of drug-likeness (QED) is 0.753. The summed E-state index contributed by atoms with van der Waals surface area (Å²) in [6, 6.07) is 5.56. The summed E-state index contributed by atoms with van der Waals surface area (Å²) in [6.45, 7) is 5.04. The Balaban J connectivity index is 3.04. The molecule has 0 amide bonds. The summed E-state index contributed by atoms with van der Waals surface area (Å²) < 4.78 is 14.5. The summed E-state index contributed by atoms with van der Waals surface area (Å²) in [6.07, 6.45) is 1.40. The number of carbonyl (C=O) groups is 1. The maximum Gasteiger partial charge on any atom is 0.131 e. The van der Waals surface area contributed by atoms with Gasteiger partial charge in [-0.3, -0.25) is 0 Å². The van der Waals surface area contributed by atoms with Gasteiger partial charge in [-0.2, -0.15) is 0 Å². The van der Waals surface area contributed by atoms with E-state index in [0.29, 0.717) is 12.0 Å². The minimum absolute atomic E-state index is 0.172. The number of carbonyl (C=O) groups excluding carboxylic acids is 1. The van der Waals surface area contributed by atoms with Crippen molar-refractivity contribution in [1.82, 2.24) is 0 Å². The number of rotatable bonds is 4. The second-order valence-corrected chi connectivity index (χ2v) is 5.37. The normalized spacial score (nSPS) is 13.6. The first-order chi connectivity index (χ1) is 7.36. The summed E-state index contributed by atoms with van der Waals surface area (Å²) >= 11 is 3.37. The Morgan fingerprint density at radius 3 is 2.56 bits per heavy atom. The third-order valence-corrected chi connectivity index (χ3v) is 3.31. The number of halogens is 2. The lowest BCUT2D eigenvalue weighted by atomic mass is 9.93. The first-order valence-electron chi connectivity index (χ1n) is 5.28. The molecule has 0 aromatic heterocycles. The number of benzene rings is 1. The molecule has 88 valence electrons. The molecule has 1 rings (SSSR count). The molecule has 3 heteroatoms. The summed E-state index contributed by atoms with van der Waals surface area (Å²) in [5, 5.41) is 0. The minimum atomic E-state index is -1.36. The first kappa shape index (κ1) is 13.4. The fourth-order valence-electron chi connectivity index (χ4n) is 1.60. The van der Waals surface area contributed by atoms with Gasteiger partial charge in [-0.25, -0.2) is 4.39 Å². The minimum Gasteiger partial charge on any atom is -0.303 e.